The van der Waals surface area contributed by atoms with Gasteiger partial charge in [0, 0.05) is 5.56 Å². The summed E-state index contributed by atoms with van der Waals surface area (Å²) in [5, 5.41) is 16.3. The third-order valence-electron chi connectivity index (χ3n) is 1.87. The minimum absolute atomic E-state index is 0.0869. The second-order valence-corrected chi connectivity index (χ2v) is 2.83. The zero-order valence-electron chi connectivity index (χ0n) is 7.66. The molecule has 0 bridgehead atoms. The van der Waals surface area contributed by atoms with Crippen LogP contribution in [-0.4, -0.2) is 26.3 Å². The van der Waals surface area contributed by atoms with E-state index in [9.17, 15) is 4.79 Å². The smallest absolute Gasteiger partial charge is 0.356 e. The van der Waals surface area contributed by atoms with Gasteiger partial charge in [0.05, 0.1) is 0 Å². The molecule has 0 radical (unpaired) electrons. The van der Waals surface area contributed by atoms with Crippen LogP contribution in [0.3, 0.4) is 0 Å². The van der Waals surface area contributed by atoms with Crippen molar-refractivity contribution >= 4 is 5.97 Å². The molecule has 0 aliphatic heterocycles. The van der Waals surface area contributed by atoms with Gasteiger partial charge in [-0.1, -0.05) is 30.3 Å². The maximum absolute atomic E-state index is 10.9. The van der Waals surface area contributed by atoms with Gasteiger partial charge in [-0.2, -0.15) is 0 Å². The lowest BCUT2D eigenvalue weighted by Crippen LogP contribution is -2.05. The average Bonchev–Trinajstić information content (AvgIpc) is 2.30. The van der Waals surface area contributed by atoms with Crippen molar-refractivity contribution in [3.63, 3.8) is 0 Å². The van der Waals surface area contributed by atoms with Crippen molar-refractivity contribution in [3.8, 4) is 11.3 Å². The summed E-state index contributed by atoms with van der Waals surface area (Å²) >= 11 is 0. The number of carboxylic acid groups (broad SMARTS) is 1. The molecule has 0 aliphatic carbocycles. The number of carbonyl (C=O) groups is 1. The Morgan fingerprint density at radius 1 is 1.20 bits per heavy atom. The second kappa shape index (κ2) is 3.83. The second-order valence-electron chi connectivity index (χ2n) is 2.83. The maximum atomic E-state index is 10.9. The molecule has 74 valence electrons. The van der Waals surface area contributed by atoms with Crippen LogP contribution in [-0.2, 0) is 0 Å². The predicted molar refractivity (Wildman–Crippen MR) is 52.2 cm³/mol. The normalized spacial score (nSPS) is 9.87. The SMILES string of the molecule is O=C(O)c1ncnnc1-c1ccccc1. The molecule has 1 aromatic carbocycles. The van der Waals surface area contributed by atoms with Crippen LogP contribution in [0.4, 0.5) is 0 Å². The lowest BCUT2D eigenvalue weighted by Gasteiger charge is -2.01. The summed E-state index contributed by atoms with van der Waals surface area (Å²) in [6.45, 7) is 0. The molecular formula is C10H7N3O2. The highest BCUT2D eigenvalue weighted by atomic mass is 16.4. The van der Waals surface area contributed by atoms with Gasteiger partial charge in [-0.05, 0) is 0 Å². The number of benzene rings is 1. The van der Waals surface area contributed by atoms with Crippen LogP contribution >= 0.6 is 0 Å². The quantitative estimate of drug-likeness (QED) is 0.790. The van der Waals surface area contributed by atoms with Gasteiger partial charge >= 0.3 is 5.97 Å². The molecular weight excluding hydrogens is 194 g/mol. The van der Waals surface area contributed by atoms with Gasteiger partial charge in [-0.25, -0.2) is 9.78 Å². The van der Waals surface area contributed by atoms with E-state index in [-0.39, 0.29) is 11.4 Å². The average molecular weight is 201 g/mol. The summed E-state index contributed by atoms with van der Waals surface area (Å²) in [5.41, 5.74) is 0.886. The monoisotopic (exact) mass is 201 g/mol. The summed E-state index contributed by atoms with van der Waals surface area (Å²) in [6.07, 6.45) is 1.12. The lowest BCUT2D eigenvalue weighted by atomic mass is 10.1. The zero-order chi connectivity index (χ0) is 10.7. The van der Waals surface area contributed by atoms with Crippen LogP contribution in [0.1, 0.15) is 10.5 Å². The maximum Gasteiger partial charge on any atom is 0.356 e. The van der Waals surface area contributed by atoms with Gasteiger partial charge in [0.2, 0.25) is 0 Å². The summed E-state index contributed by atoms with van der Waals surface area (Å²) in [6, 6.07) is 8.97. The van der Waals surface area contributed by atoms with Gasteiger partial charge in [0.25, 0.3) is 0 Å². The van der Waals surface area contributed by atoms with Crippen LogP contribution in [0.15, 0.2) is 36.7 Å². The van der Waals surface area contributed by atoms with E-state index in [0.717, 1.165) is 6.33 Å². The predicted octanol–water partition coefficient (Wildman–Crippen LogP) is 1.24. The van der Waals surface area contributed by atoms with Gasteiger partial charge in [-0.15, -0.1) is 10.2 Å². The van der Waals surface area contributed by atoms with Gasteiger partial charge in [0.15, 0.2) is 5.69 Å². The number of hydrogen-bond acceptors (Lipinski definition) is 4. The Kier molecular flexibility index (Phi) is 2.37. The number of aromatic carboxylic acids is 1. The van der Waals surface area contributed by atoms with E-state index in [1.807, 2.05) is 6.07 Å². The standard InChI is InChI=1S/C10H7N3O2/c14-10(15)9-8(13-12-6-11-9)7-4-2-1-3-5-7/h1-6H,(H,14,15). The number of rotatable bonds is 2. The zero-order valence-corrected chi connectivity index (χ0v) is 7.66. The number of nitrogens with zero attached hydrogens (tertiary/aromatic N) is 3. The molecule has 2 rings (SSSR count). The van der Waals surface area contributed by atoms with Crippen molar-refractivity contribution in [2.75, 3.05) is 0 Å². The molecule has 0 saturated heterocycles. The van der Waals surface area contributed by atoms with Crippen molar-refractivity contribution in [2.45, 2.75) is 0 Å². The Morgan fingerprint density at radius 2 is 1.93 bits per heavy atom. The van der Waals surface area contributed by atoms with E-state index in [1.54, 1.807) is 24.3 Å². The molecule has 1 heterocycles. The summed E-state index contributed by atoms with van der Waals surface area (Å²) in [7, 11) is 0. The van der Waals surface area contributed by atoms with E-state index in [4.69, 9.17) is 5.11 Å². The largest absolute Gasteiger partial charge is 0.476 e. The van der Waals surface area contributed by atoms with E-state index in [0.29, 0.717) is 5.56 Å². The fourth-order valence-electron chi connectivity index (χ4n) is 1.22. The topological polar surface area (TPSA) is 76.0 Å². The molecule has 2 aromatic rings. The highest BCUT2D eigenvalue weighted by molar-refractivity contribution is 5.92. The van der Waals surface area contributed by atoms with E-state index < -0.39 is 5.97 Å². The van der Waals surface area contributed by atoms with Crippen molar-refractivity contribution in [2.24, 2.45) is 0 Å². The Hall–Kier alpha value is -2.30. The molecule has 0 atom stereocenters. The Morgan fingerprint density at radius 3 is 2.60 bits per heavy atom. The number of aromatic nitrogens is 3. The van der Waals surface area contributed by atoms with Gasteiger partial charge < -0.3 is 5.11 Å². The summed E-state index contributed by atoms with van der Waals surface area (Å²) in [5.74, 6) is -1.11. The Balaban J connectivity index is 2.58. The first kappa shape index (κ1) is 9.26. The highest BCUT2D eigenvalue weighted by Crippen LogP contribution is 2.17. The molecule has 5 heteroatoms. The first-order chi connectivity index (χ1) is 7.29. The molecule has 0 aliphatic rings. The molecule has 0 fully saturated rings. The van der Waals surface area contributed by atoms with Gasteiger partial charge in [0.1, 0.15) is 12.0 Å². The van der Waals surface area contributed by atoms with Crippen molar-refractivity contribution in [1.82, 2.24) is 15.2 Å². The molecule has 1 N–H and O–H groups in total. The summed E-state index contributed by atoms with van der Waals surface area (Å²) < 4.78 is 0. The minimum Gasteiger partial charge on any atom is -0.476 e. The van der Waals surface area contributed by atoms with Gasteiger partial charge in [-0.3, -0.25) is 0 Å². The molecule has 0 spiro atoms. The number of carboxylic acids is 1. The molecule has 15 heavy (non-hydrogen) atoms. The van der Waals surface area contributed by atoms with Crippen LogP contribution < -0.4 is 0 Å². The first-order valence-corrected chi connectivity index (χ1v) is 4.25. The fraction of sp³-hybridized carbons (Fsp3) is 0. The van der Waals surface area contributed by atoms with E-state index >= 15 is 0 Å². The van der Waals surface area contributed by atoms with E-state index in [1.165, 1.54) is 0 Å². The van der Waals surface area contributed by atoms with Crippen LogP contribution in [0.25, 0.3) is 11.3 Å². The molecule has 0 saturated carbocycles. The van der Waals surface area contributed by atoms with E-state index in [2.05, 4.69) is 15.2 Å². The molecule has 1 aromatic heterocycles. The number of hydrogen-bond donors (Lipinski definition) is 1. The highest BCUT2D eigenvalue weighted by Gasteiger charge is 2.14. The Bertz CT molecular complexity index is 485. The molecule has 0 unspecified atom stereocenters. The van der Waals surface area contributed by atoms with Crippen LogP contribution in [0.5, 0.6) is 0 Å². The fourth-order valence-corrected chi connectivity index (χ4v) is 1.22. The third kappa shape index (κ3) is 1.80. The third-order valence-corrected chi connectivity index (χ3v) is 1.87. The van der Waals surface area contributed by atoms with Crippen molar-refractivity contribution in [3.05, 3.63) is 42.4 Å². The first-order valence-electron chi connectivity index (χ1n) is 4.25. The van der Waals surface area contributed by atoms with Crippen molar-refractivity contribution < 1.29 is 9.90 Å². The lowest BCUT2D eigenvalue weighted by molar-refractivity contribution is 0.0690. The summed E-state index contributed by atoms with van der Waals surface area (Å²) in [4.78, 5) is 14.5. The molecule has 5 nitrogen and oxygen atoms in total. The molecule has 0 amide bonds. The van der Waals surface area contributed by atoms with Crippen molar-refractivity contribution in [1.29, 1.82) is 0 Å². The minimum atomic E-state index is -1.11. The van der Waals surface area contributed by atoms with Crippen LogP contribution in [0.2, 0.25) is 0 Å². The van der Waals surface area contributed by atoms with Crippen LogP contribution in [0, 0.1) is 0 Å². The Labute approximate surface area is 85.4 Å².